The van der Waals surface area contributed by atoms with Gasteiger partial charge in [-0.3, -0.25) is 4.79 Å². The molecule has 6 heteroatoms. The molecule has 0 bridgehead atoms. The number of aryl methyl sites for hydroxylation is 1. The van der Waals surface area contributed by atoms with E-state index in [2.05, 4.69) is 26.2 Å². The molecule has 2 rings (SSSR count). The number of nitrogens with zero attached hydrogens (tertiary/aromatic N) is 3. The molecule has 1 aromatic carbocycles. The predicted octanol–water partition coefficient (Wildman–Crippen LogP) is 2.01. The number of carbonyl (C=O) groups is 1. The zero-order chi connectivity index (χ0) is 13.1. The largest absolute Gasteiger partial charge is 0.497 e. The molecular weight excluding hydrogens is 298 g/mol. The molecule has 0 saturated heterocycles. The van der Waals surface area contributed by atoms with Crippen LogP contribution in [0, 0.1) is 0 Å². The molecule has 0 spiro atoms. The Bertz CT molecular complexity index is 544. The molecule has 0 radical (unpaired) electrons. The van der Waals surface area contributed by atoms with Crippen LogP contribution in [0.5, 0.6) is 5.75 Å². The number of carbonyl (C=O) groups excluding carboxylic acids is 1. The average molecular weight is 310 g/mol. The number of hydrogen-bond donors (Lipinski definition) is 0. The zero-order valence-corrected chi connectivity index (χ0v) is 11.6. The van der Waals surface area contributed by atoms with Gasteiger partial charge in [-0.15, -0.1) is 5.10 Å². The van der Waals surface area contributed by atoms with Gasteiger partial charge >= 0.3 is 0 Å². The Kier molecular flexibility index (Phi) is 3.76. The summed E-state index contributed by atoms with van der Waals surface area (Å²) in [5.41, 5.74) is 1.40. The lowest BCUT2D eigenvalue weighted by atomic mass is 10.1. The molecule has 94 valence electrons. The van der Waals surface area contributed by atoms with Crippen molar-refractivity contribution in [1.29, 1.82) is 0 Å². The van der Waals surface area contributed by atoms with Crippen molar-refractivity contribution in [3.05, 3.63) is 40.1 Å². The van der Waals surface area contributed by atoms with Gasteiger partial charge in [0.15, 0.2) is 10.4 Å². The number of rotatable bonds is 4. The second-order valence-corrected chi connectivity index (χ2v) is 4.55. The van der Waals surface area contributed by atoms with Gasteiger partial charge in [0.1, 0.15) is 11.4 Å². The molecule has 1 aromatic heterocycles. The zero-order valence-electron chi connectivity index (χ0n) is 10.1. The van der Waals surface area contributed by atoms with Gasteiger partial charge in [-0.25, -0.2) is 4.68 Å². The van der Waals surface area contributed by atoms with Crippen LogP contribution in [-0.4, -0.2) is 27.9 Å². The van der Waals surface area contributed by atoms with Crippen LogP contribution in [-0.2, 0) is 13.5 Å². The minimum Gasteiger partial charge on any atom is -0.497 e. The summed E-state index contributed by atoms with van der Waals surface area (Å²) in [4.78, 5) is 12.1. The van der Waals surface area contributed by atoms with Crippen molar-refractivity contribution in [3.8, 4) is 5.75 Å². The second kappa shape index (κ2) is 5.30. The van der Waals surface area contributed by atoms with Crippen LogP contribution in [0.1, 0.15) is 16.1 Å². The van der Waals surface area contributed by atoms with Crippen LogP contribution in [0.4, 0.5) is 0 Å². The van der Waals surface area contributed by atoms with E-state index in [1.165, 1.54) is 4.68 Å². The molecule has 0 amide bonds. The van der Waals surface area contributed by atoms with Gasteiger partial charge in [-0.2, -0.15) is 0 Å². The van der Waals surface area contributed by atoms with E-state index >= 15 is 0 Å². The van der Waals surface area contributed by atoms with E-state index in [9.17, 15) is 4.79 Å². The van der Waals surface area contributed by atoms with Gasteiger partial charge in [0.05, 0.1) is 7.11 Å². The maximum absolute atomic E-state index is 12.1. The molecule has 0 aliphatic heterocycles. The fourth-order valence-corrected chi connectivity index (χ4v) is 2.19. The third-order valence-electron chi connectivity index (χ3n) is 2.57. The van der Waals surface area contributed by atoms with Crippen LogP contribution < -0.4 is 4.74 Å². The number of benzene rings is 1. The van der Waals surface area contributed by atoms with Crippen molar-refractivity contribution in [1.82, 2.24) is 15.0 Å². The van der Waals surface area contributed by atoms with E-state index in [0.717, 1.165) is 11.3 Å². The van der Waals surface area contributed by atoms with Crippen LogP contribution in [0.15, 0.2) is 28.9 Å². The summed E-state index contributed by atoms with van der Waals surface area (Å²) in [6, 6.07) is 7.40. The molecule has 5 nitrogen and oxygen atoms in total. The van der Waals surface area contributed by atoms with Crippen molar-refractivity contribution in [3.63, 3.8) is 0 Å². The monoisotopic (exact) mass is 309 g/mol. The van der Waals surface area contributed by atoms with Gasteiger partial charge in [-0.1, -0.05) is 17.3 Å². The number of halogens is 1. The number of ketones is 1. The molecule has 2 aromatic rings. The Labute approximate surface area is 113 Å². The molecule has 0 atom stereocenters. The lowest BCUT2D eigenvalue weighted by Gasteiger charge is -2.03. The Morgan fingerprint density at radius 1 is 1.39 bits per heavy atom. The first-order chi connectivity index (χ1) is 8.61. The topological polar surface area (TPSA) is 57.0 Å². The molecule has 18 heavy (non-hydrogen) atoms. The van der Waals surface area contributed by atoms with E-state index < -0.39 is 0 Å². The van der Waals surface area contributed by atoms with E-state index in [0.29, 0.717) is 16.7 Å². The van der Waals surface area contributed by atoms with Gasteiger partial charge in [0, 0.05) is 13.5 Å². The molecule has 1 heterocycles. The summed E-state index contributed by atoms with van der Waals surface area (Å²) in [5.74, 6) is 0.745. The number of ether oxygens (including phenoxy) is 1. The smallest absolute Gasteiger partial charge is 0.188 e. The van der Waals surface area contributed by atoms with Gasteiger partial charge in [-0.05, 0) is 33.6 Å². The van der Waals surface area contributed by atoms with Gasteiger partial charge < -0.3 is 4.74 Å². The minimum atomic E-state index is -0.0282. The van der Waals surface area contributed by atoms with Gasteiger partial charge in [0.2, 0.25) is 0 Å². The number of aromatic nitrogens is 3. The van der Waals surface area contributed by atoms with Gasteiger partial charge in [0.25, 0.3) is 0 Å². The predicted molar refractivity (Wildman–Crippen MR) is 69.7 cm³/mol. The Balaban J connectivity index is 2.16. The fourth-order valence-electron chi connectivity index (χ4n) is 1.64. The Hall–Kier alpha value is -1.69. The van der Waals surface area contributed by atoms with E-state index in [1.807, 2.05) is 24.3 Å². The summed E-state index contributed by atoms with van der Waals surface area (Å²) in [6.45, 7) is 0. The Morgan fingerprint density at radius 2 is 2.06 bits per heavy atom. The molecule has 0 saturated carbocycles. The summed E-state index contributed by atoms with van der Waals surface area (Å²) >= 11 is 3.22. The lowest BCUT2D eigenvalue weighted by Crippen LogP contribution is -2.10. The molecule has 0 aliphatic rings. The number of methoxy groups -OCH3 is 1. The third-order valence-corrected chi connectivity index (χ3v) is 3.11. The molecule has 0 aliphatic carbocycles. The highest BCUT2D eigenvalue weighted by molar-refractivity contribution is 9.10. The standard InChI is InChI=1S/C12H12BrN3O2/c1-16-11(12(13)14-15-16)10(17)7-8-3-5-9(18-2)6-4-8/h3-6H,7H2,1-2H3. The first-order valence-electron chi connectivity index (χ1n) is 5.33. The second-order valence-electron chi connectivity index (χ2n) is 3.80. The molecule has 0 unspecified atom stereocenters. The van der Waals surface area contributed by atoms with Crippen molar-refractivity contribution < 1.29 is 9.53 Å². The SMILES string of the molecule is COc1ccc(CC(=O)c2c(Br)nnn2C)cc1. The van der Waals surface area contributed by atoms with Crippen LogP contribution in [0.2, 0.25) is 0 Å². The number of Topliss-reactive ketones (excluding diaryl/α,β-unsaturated/α-hetero) is 1. The van der Waals surface area contributed by atoms with E-state index in [-0.39, 0.29) is 5.78 Å². The lowest BCUT2D eigenvalue weighted by molar-refractivity contribution is 0.0983. The van der Waals surface area contributed by atoms with Crippen molar-refractivity contribution in [2.45, 2.75) is 6.42 Å². The van der Waals surface area contributed by atoms with Crippen molar-refractivity contribution in [2.75, 3.05) is 7.11 Å². The molecular formula is C12H12BrN3O2. The van der Waals surface area contributed by atoms with E-state index in [1.54, 1.807) is 14.2 Å². The van der Waals surface area contributed by atoms with Crippen molar-refractivity contribution in [2.24, 2.45) is 7.05 Å². The maximum Gasteiger partial charge on any atom is 0.188 e. The van der Waals surface area contributed by atoms with Crippen LogP contribution >= 0.6 is 15.9 Å². The fraction of sp³-hybridized carbons (Fsp3) is 0.250. The van der Waals surface area contributed by atoms with Crippen molar-refractivity contribution >= 4 is 21.7 Å². The molecule has 0 N–H and O–H groups in total. The van der Waals surface area contributed by atoms with E-state index in [4.69, 9.17) is 4.74 Å². The minimum absolute atomic E-state index is 0.0282. The third kappa shape index (κ3) is 2.59. The summed E-state index contributed by atoms with van der Waals surface area (Å²) in [7, 11) is 3.30. The highest BCUT2D eigenvalue weighted by Gasteiger charge is 2.16. The summed E-state index contributed by atoms with van der Waals surface area (Å²) < 4.78 is 7.01. The number of hydrogen-bond acceptors (Lipinski definition) is 4. The normalized spacial score (nSPS) is 10.4. The van der Waals surface area contributed by atoms with Crippen LogP contribution in [0.3, 0.4) is 0 Å². The average Bonchev–Trinajstić information content (AvgIpc) is 2.70. The summed E-state index contributed by atoms with van der Waals surface area (Å²) in [5, 5.41) is 7.58. The molecule has 0 fully saturated rings. The summed E-state index contributed by atoms with van der Waals surface area (Å²) in [6.07, 6.45) is 0.309. The highest BCUT2D eigenvalue weighted by Crippen LogP contribution is 2.16. The quantitative estimate of drug-likeness (QED) is 0.811. The Morgan fingerprint density at radius 3 is 2.56 bits per heavy atom. The first kappa shape index (κ1) is 12.8. The van der Waals surface area contributed by atoms with Crippen LogP contribution in [0.25, 0.3) is 0 Å². The maximum atomic E-state index is 12.1. The highest BCUT2D eigenvalue weighted by atomic mass is 79.9. The first-order valence-corrected chi connectivity index (χ1v) is 6.12.